The van der Waals surface area contributed by atoms with Crippen LogP contribution in [0.15, 0.2) is 48.2 Å². The van der Waals surface area contributed by atoms with Gasteiger partial charge in [-0.15, -0.1) is 0 Å². The average Bonchev–Trinajstić information content (AvgIpc) is 2.88. The summed E-state index contributed by atoms with van der Waals surface area (Å²) in [6, 6.07) is 12.1. The Morgan fingerprint density at radius 1 is 0.897 bits per heavy atom. The van der Waals surface area contributed by atoms with E-state index in [0.29, 0.717) is 5.69 Å². The number of amides is 3. The number of phenolic OH excluding ortho intramolecular Hbond substituents is 1. The van der Waals surface area contributed by atoms with E-state index in [9.17, 15) is 14.7 Å². The van der Waals surface area contributed by atoms with Crippen molar-refractivity contribution in [2.24, 2.45) is 0 Å². The van der Waals surface area contributed by atoms with Crippen LogP contribution in [0, 0.1) is 0 Å². The number of hydrogen-bond donors (Lipinski definition) is 2. The summed E-state index contributed by atoms with van der Waals surface area (Å²) in [6.45, 7) is 12.2. The largest absolute Gasteiger partial charge is 0.507 e. The molecule has 0 unspecified atom stereocenters. The molecule has 2 aromatic carbocycles. The Labute approximate surface area is 172 Å². The van der Waals surface area contributed by atoms with Crippen molar-refractivity contribution in [3.8, 4) is 5.75 Å². The van der Waals surface area contributed by atoms with E-state index in [4.69, 9.17) is 0 Å². The van der Waals surface area contributed by atoms with Crippen LogP contribution in [0.3, 0.4) is 0 Å². The number of para-hydroxylation sites is 1. The standard InChI is InChI=1S/C24H28N2O3/c1-23(2,3)17-12-15(13-18(20(17)27)24(4,5)6)14-19-21(28)26(22(29)25-19)16-10-8-7-9-11-16/h7-14,27H,1-6H3,(H,25,29)/b19-14+. The first-order valence-electron chi connectivity index (χ1n) is 9.70. The highest BCUT2D eigenvalue weighted by Crippen LogP contribution is 2.40. The van der Waals surface area contributed by atoms with Gasteiger partial charge in [-0.1, -0.05) is 59.7 Å². The summed E-state index contributed by atoms with van der Waals surface area (Å²) in [7, 11) is 0. The Kier molecular flexibility index (Phi) is 5.03. The summed E-state index contributed by atoms with van der Waals surface area (Å²) in [6.07, 6.45) is 1.67. The van der Waals surface area contributed by atoms with Crippen LogP contribution in [0.1, 0.15) is 58.2 Å². The Balaban J connectivity index is 2.09. The normalized spacial score (nSPS) is 16.5. The summed E-state index contributed by atoms with van der Waals surface area (Å²) in [5.41, 5.74) is 2.53. The molecule has 1 fully saturated rings. The lowest BCUT2D eigenvalue weighted by Gasteiger charge is -2.28. The maximum atomic E-state index is 12.9. The van der Waals surface area contributed by atoms with Gasteiger partial charge in [0.1, 0.15) is 11.4 Å². The molecule has 1 saturated heterocycles. The average molecular weight is 392 g/mol. The van der Waals surface area contributed by atoms with Crippen molar-refractivity contribution >= 4 is 23.7 Å². The summed E-state index contributed by atoms with van der Waals surface area (Å²) >= 11 is 0. The van der Waals surface area contributed by atoms with Gasteiger partial charge in [-0.05, 0) is 46.7 Å². The van der Waals surface area contributed by atoms with E-state index in [1.54, 1.807) is 30.3 Å². The zero-order valence-electron chi connectivity index (χ0n) is 17.8. The van der Waals surface area contributed by atoms with Gasteiger partial charge in [0, 0.05) is 11.1 Å². The van der Waals surface area contributed by atoms with Crippen molar-refractivity contribution < 1.29 is 14.7 Å². The zero-order valence-corrected chi connectivity index (χ0v) is 17.8. The van der Waals surface area contributed by atoms with Gasteiger partial charge in [0.15, 0.2) is 0 Å². The molecule has 2 aromatic rings. The molecular weight excluding hydrogens is 364 g/mol. The van der Waals surface area contributed by atoms with Crippen LogP contribution in [0.25, 0.3) is 6.08 Å². The van der Waals surface area contributed by atoms with E-state index >= 15 is 0 Å². The molecule has 0 saturated carbocycles. The topological polar surface area (TPSA) is 69.6 Å². The van der Waals surface area contributed by atoms with Crippen molar-refractivity contribution in [3.05, 3.63) is 64.9 Å². The predicted molar refractivity (Wildman–Crippen MR) is 116 cm³/mol. The lowest BCUT2D eigenvalue weighted by atomic mass is 9.78. The van der Waals surface area contributed by atoms with Crippen LogP contribution in [0.2, 0.25) is 0 Å². The number of nitrogens with one attached hydrogen (secondary N) is 1. The van der Waals surface area contributed by atoms with Crippen LogP contribution in [-0.4, -0.2) is 17.0 Å². The molecular formula is C24H28N2O3. The van der Waals surface area contributed by atoms with Gasteiger partial charge < -0.3 is 10.4 Å². The van der Waals surface area contributed by atoms with Gasteiger partial charge in [0.2, 0.25) is 0 Å². The van der Waals surface area contributed by atoms with Crippen molar-refractivity contribution in [3.63, 3.8) is 0 Å². The third kappa shape index (κ3) is 4.04. The summed E-state index contributed by atoms with van der Waals surface area (Å²) in [5, 5.41) is 13.5. The first-order valence-corrected chi connectivity index (χ1v) is 9.70. The van der Waals surface area contributed by atoms with Crippen molar-refractivity contribution in [1.82, 2.24) is 5.32 Å². The van der Waals surface area contributed by atoms with E-state index in [-0.39, 0.29) is 22.3 Å². The number of benzene rings is 2. The molecule has 0 radical (unpaired) electrons. The molecule has 3 amide bonds. The second kappa shape index (κ2) is 7.07. The zero-order chi connectivity index (χ0) is 21.6. The summed E-state index contributed by atoms with van der Waals surface area (Å²) < 4.78 is 0. The Morgan fingerprint density at radius 3 is 1.90 bits per heavy atom. The lowest BCUT2D eigenvalue weighted by Crippen LogP contribution is -2.30. The SMILES string of the molecule is CC(C)(C)c1cc(/C=C2/NC(=O)N(c3ccccc3)C2=O)cc(C(C)(C)C)c1O. The van der Waals surface area contributed by atoms with E-state index in [0.717, 1.165) is 21.6 Å². The van der Waals surface area contributed by atoms with Gasteiger partial charge in [0.05, 0.1) is 5.69 Å². The fourth-order valence-electron chi connectivity index (χ4n) is 3.40. The molecule has 3 rings (SSSR count). The minimum atomic E-state index is -0.474. The first kappa shape index (κ1) is 20.6. The molecule has 5 nitrogen and oxygen atoms in total. The Hall–Kier alpha value is -3.08. The first-order chi connectivity index (χ1) is 13.4. The fraction of sp³-hybridized carbons (Fsp3) is 0.333. The summed E-state index contributed by atoms with van der Waals surface area (Å²) in [4.78, 5) is 26.4. The highest BCUT2D eigenvalue weighted by Gasteiger charge is 2.35. The second-order valence-corrected chi connectivity index (χ2v) is 9.43. The van der Waals surface area contributed by atoms with Gasteiger partial charge in [0.25, 0.3) is 5.91 Å². The molecule has 152 valence electrons. The number of urea groups is 1. The molecule has 2 N–H and O–H groups in total. The molecule has 0 spiro atoms. The third-order valence-electron chi connectivity index (χ3n) is 4.95. The number of carbonyl (C=O) groups is 2. The molecule has 0 atom stereocenters. The smallest absolute Gasteiger partial charge is 0.333 e. The molecule has 0 aliphatic carbocycles. The summed E-state index contributed by atoms with van der Waals surface area (Å²) in [5.74, 6) is -0.122. The lowest BCUT2D eigenvalue weighted by molar-refractivity contribution is -0.113. The molecule has 1 aliphatic rings. The number of aromatic hydroxyl groups is 1. The number of phenols is 1. The predicted octanol–water partition coefficient (Wildman–Crippen LogP) is 5.08. The second-order valence-electron chi connectivity index (χ2n) is 9.43. The maximum absolute atomic E-state index is 12.9. The van der Waals surface area contributed by atoms with Gasteiger partial charge >= 0.3 is 6.03 Å². The number of carbonyl (C=O) groups excluding carboxylic acids is 2. The van der Waals surface area contributed by atoms with Crippen molar-refractivity contribution in [1.29, 1.82) is 0 Å². The van der Waals surface area contributed by atoms with Gasteiger partial charge in [-0.3, -0.25) is 4.79 Å². The van der Waals surface area contributed by atoms with Crippen molar-refractivity contribution in [2.75, 3.05) is 4.90 Å². The molecule has 1 aliphatic heterocycles. The van der Waals surface area contributed by atoms with E-state index < -0.39 is 11.9 Å². The van der Waals surface area contributed by atoms with Crippen LogP contribution in [0.5, 0.6) is 5.75 Å². The number of rotatable bonds is 2. The van der Waals surface area contributed by atoms with Crippen LogP contribution >= 0.6 is 0 Å². The van der Waals surface area contributed by atoms with E-state index in [2.05, 4.69) is 5.32 Å². The molecule has 0 bridgehead atoms. The van der Waals surface area contributed by atoms with Gasteiger partial charge in [-0.2, -0.15) is 0 Å². The fourth-order valence-corrected chi connectivity index (χ4v) is 3.40. The molecule has 0 aromatic heterocycles. The Bertz CT molecular complexity index is 958. The van der Waals surface area contributed by atoms with Gasteiger partial charge in [-0.25, -0.2) is 9.69 Å². The monoisotopic (exact) mass is 392 g/mol. The minimum Gasteiger partial charge on any atom is -0.507 e. The van der Waals surface area contributed by atoms with Crippen LogP contribution < -0.4 is 10.2 Å². The quantitative estimate of drug-likeness (QED) is 0.553. The Morgan fingerprint density at radius 2 is 1.41 bits per heavy atom. The van der Waals surface area contributed by atoms with E-state index in [1.165, 1.54) is 0 Å². The third-order valence-corrected chi connectivity index (χ3v) is 4.95. The number of imide groups is 1. The minimum absolute atomic E-state index is 0.212. The van der Waals surface area contributed by atoms with Crippen molar-refractivity contribution in [2.45, 2.75) is 52.4 Å². The highest BCUT2D eigenvalue weighted by atomic mass is 16.3. The molecule has 29 heavy (non-hydrogen) atoms. The number of hydrogen-bond acceptors (Lipinski definition) is 3. The van der Waals surface area contributed by atoms with E-state index in [1.807, 2.05) is 59.7 Å². The number of anilines is 1. The molecule has 1 heterocycles. The number of nitrogens with zero attached hydrogens (tertiary/aromatic N) is 1. The highest BCUT2D eigenvalue weighted by molar-refractivity contribution is 6.28. The molecule has 5 heteroatoms. The van der Waals surface area contributed by atoms with Crippen LogP contribution in [0.4, 0.5) is 10.5 Å². The maximum Gasteiger partial charge on any atom is 0.333 e. The van der Waals surface area contributed by atoms with Crippen LogP contribution in [-0.2, 0) is 15.6 Å².